The zero-order chi connectivity index (χ0) is 20.3. The van der Waals surface area contributed by atoms with E-state index < -0.39 is 29.4 Å². The molecule has 2 aromatic rings. The van der Waals surface area contributed by atoms with Crippen LogP contribution in [-0.2, 0) is 11.0 Å². The Hall–Kier alpha value is -2.71. The molecule has 1 N–H and O–H groups in total. The van der Waals surface area contributed by atoms with Gasteiger partial charge in [0.15, 0.2) is 5.69 Å². The Labute approximate surface area is 159 Å². The Bertz CT molecular complexity index is 887. The summed E-state index contributed by atoms with van der Waals surface area (Å²) in [5, 5.41) is 2.65. The molecule has 0 aliphatic heterocycles. The van der Waals surface area contributed by atoms with Crippen LogP contribution in [-0.4, -0.2) is 20.4 Å². The van der Waals surface area contributed by atoms with E-state index in [-0.39, 0.29) is 5.92 Å². The monoisotopic (exact) mass is 394 g/mol. The average molecular weight is 394 g/mol. The van der Waals surface area contributed by atoms with Gasteiger partial charge in [-0.25, -0.2) is 9.97 Å². The molecule has 150 valence electrons. The van der Waals surface area contributed by atoms with E-state index in [0.29, 0.717) is 18.3 Å². The number of hydrogen-bond donors (Lipinski definition) is 1. The highest BCUT2D eigenvalue weighted by Gasteiger charge is 2.34. The van der Waals surface area contributed by atoms with Gasteiger partial charge in [-0.1, -0.05) is 31.7 Å². The first-order valence-corrected chi connectivity index (χ1v) is 9.13. The lowest BCUT2D eigenvalue weighted by atomic mass is 9.97. The summed E-state index contributed by atoms with van der Waals surface area (Å²) in [6, 6.07) is 2.89. The van der Waals surface area contributed by atoms with Gasteiger partial charge in [0.25, 0.3) is 5.56 Å². The smallest absolute Gasteiger partial charge is 0.309 e. The number of halogens is 3. The molecule has 0 aromatic carbocycles. The van der Waals surface area contributed by atoms with Crippen LogP contribution in [0.1, 0.15) is 49.4 Å². The summed E-state index contributed by atoms with van der Waals surface area (Å²) in [5.41, 5.74) is -1.25. The van der Waals surface area contributed by atoms with Crippen molar-refractivity contribution in [2.24, 2.45) is 5.92 Å². The molecule has 3 rings (SSSR count). The van der Waals surface area contributed by atoms with Gasteiger partial charge >= 0.3 is 6.18 Å². The molecular weight excluding hydrogens is 373 g/mol. The molecule has 1 fully saturated rings. The number of aryl methyl sites for hydroxylation is 1. The van der Waals surface area contributed by atoms with Gasteiger partial charge in [-0.2, -0.15) is 13.2 Å². The van der Waals surface area contributed by atoms with Gasteiger partial charge in [-0.15, -0.1) is 0 Å². The minimum Gasteiger partial charge on any atom is -0.309 e. The van der Waals surface area contributed by atoms with Crippen LogP contribution in [0.15, 0.2) is 35.5 Å². The summed E-state index contributed by atoms with van der Waals surface area (Å²) in [6.45, 7) is 1.86. The van der Waals surface area contributed by atoms with Crippen LogP contribution in [0.25, 0.3) is 0 Å². The lowest BCUT2D eigenvalue weighted by molar-refractivity contribution is -0.141. The fourth-order valence-corrected chi connectivity index (χ4v) is 3.46. The number of aromatic nitrogens is 3. The van der Waals surface area contributed by atoms with Crippen molar-refractivity contribution in [3.63, 3.8) is 0 Å². The van der Waals surface area contributed by atoms with Gasteiger partial charge in [0.2, 0.25) is 5.91 Å². The summed E-state index contributed by atoms with van der Waals surface area (Å²) in [7, 11) is 0. The Morgan fingerprint density at radius 1 is 1.29 bits per heavy atom. The number of pyridine rings is 1. The molecule has 2 aromatic heterocycles. The maximum Gasteiger partial charge on any atom is 0.433 e. The van der Waals surface area contributed by atoms with Crippen molar-refractivity contribution in [1.82, 2.24) is 14.5 Å². The number of carbonyl (C=O) groups is 1. The molecule has 1 aliphatic rings. The highest BCUT2D eigenvalue weighted by atomic mass is 19.4. The lowest BCUT2D eigenvalue weighted by Gasteiger charge is -2.22. The van der Waals surface area contributed by atoms with Crippen LogP contribution >= 0.6 is 0 Å². The Balaban J connectivity index is 1.89. The van der Waals surface area contributed by atoms with Crippen LogP contribution in [0.5, 0.6) is 0 Å². The molecule has 1 saturated carbocycles. The van der Waals surface area contributed by atoms with E-state index in [1.54, 1.807) is 18.3 Å². The molecule has 6 nitrogen and oxygen atoms in total. The highest BCUT2D eigenvalue weighted by molar-refractivity contribution is 5.92. The molecule has 1 amide bonds. The first-order valence-electron chi connectivity index (χ1n) is 9.13. The number of nitrogens with zero attached hydrogens (tertiary/aromatic N) is 3. The maximum atomic E-state index is 12.9. The van der Waals surface area contributed by atoms with Crippen LogP contribution in [0.3, 0.4) is 0 Å². The van der Waals surface area contributed by atoms with Gasteiger partial charge in [-0.05, 0) is 30.9 Å². The zero-order valence-corrected chi connectivity index (χ0v) is 15.4. The molecule has 1 unspecified atom stereocenters. The molecule has 28 heavy (non-hydrogen) atoms. The number of rotatable bonds is 5. The predicted octanol–water partition coefficient (Wildman–Crippen LogP) is 3.73. The summed E-state index contributed by atoms with van der Waals surface area (Å²) in [4.78, 5) is 32.7. The third kappa shape index (κ3) is 4.76. The van der Waals surface area contributed by atoms with Crippen molar-refractivity contribution in [2.45, 2.75) is 51.2 Å². The van der Waals surface area contributed by atoms with Gasteiger partial charge in [0, 0.05) is 12.3 Å². The molecule has 0 spiro atoms. The van der Waals surface area contributed by atoms with Crippen LogP contribution in [0.2, 0.25) is 0 Å². The quantitative estimate of drug-likeness (QED) is 0.838. The number of carbonyl (C=O) groups excluding carboxylic acids is 1. The summed E-state index contributed by atoms with van der Waals surface area (Å²) in [5.74, 6) is 0.0581. The number of nitrogens with one attached hydrogen (secondary N) is 1. The largest absolute Gasteiger partial charge is 0.433 e. The normalized spacial score (nSPS) is 16.1. The van der Waals surface area contributed by atoms with E-state index in [4.69, 9.17) is 0 Å². The Morgan fingerprint density at radius 3 is 2.57 bits per heavy atom. The van der Waals surface area contributed by atoms with Gasteiger partial charge in [0.1, 0.15) is 11.9 Å². The first kappa shape index (κ1) is 20.0. The lowest BCUT2D eigenvalue weighted by Crippen LogP contribution is -2.35. The maximum absolute atomic E-state index is 12.9. The second-order valence-electron chi connectivity index (χ2n) is 7.13. The third-order valence-corrected chi connectivity index (χ3v) is 4.96. The minimum atomic E-state index is -4.72. The van der Waals surface area contributed by atoms with Gasteiger partial charge in [-0.3, -0.25) is 14.2 Å². The Kier molecular flexibility index (Phi) is 5.81. The van der Waals surface area contributed by atoms with Gasteiger partial charge in [0.05, 0.1) is 6.33 Å². The molecule has 0 radical (unpaired) electrons. The summed E-state index contributed by atoms with van der Waals surface area (Å²) < 4.78 is 39.4. The van der Waals surface area contributed by atoms with Crippen molar-refractivity contribution in [1.29, 1.82) is 0 Å². The summed E-state index contributed by atoms with van der Waals surface area (Å²) in [6.07, 6.45) is 1.99. The zero-order valence-electron chi connectivity index (χ0n) is 15.4. The van der Waals surface area contributed by atoms with Crippen LogP contribution in [0.4, 0.5) is 19.0 Å². The average Bonchev–Trinajstić information content (AvgIpc) is 3.14. The summed E-state index contributed by atoms with van der Waals surface area (Å²) >= 11 is 0. The van der Waals surface area contributed by atoms with Crippen LogP contribution in [0, 0.1) is 12.8 Å². The van der Waals surface area contributed by atoms with Crippen molar-refractivity contribution in [2.75, 3.05) is 5.32 Å². The molecule has 2 heterocycles. The van der Waals surface area contributed by atoms with Crippen molar-refractivity contribution in [3.05, 3.63) is 52.3 Å². The standard InChI is InChI=1S/C19H21F3N4O2/c1-12-6-7-16(23-10-12)25-18(28)14(8-13-4-2-3-5-13)26-11-24-15(9-17(26)27)19(20,21)22/h6-7,9-11,13-14H,2-5,8H2,1H3,(H,23,25,28). The van der Waals surface area contributed by atoms with E-state index in [9.17, 15) is 22.8 Å². The van der Waals surface area contributed by atoms with E-state index in [2.05, 4.69) is 15.3 Å². The van der Waals surface area contributed by atoms with E-state index in [1.165, 1.54) is 0 Å². The molecule has 9 heteroatoms. The number of hydrogen-bond acceptors (Lipinski definition) is 4. The molecule has 0 saturated heterocycles. The predicted molar refractivity (Wildman–Crippen MR) is 96.7 cm³/mol. The SMILES string of the molecule is Cc1ccc(NC(=O)C(CC2CCCC2)n2cnc(C(F)(F)F)cc2=O)nc1. The second kappa shape index (κ2) is 8.12. The van der Waals surface area contributed by atoms with Gasteiger partial charge < -0.3 is 5.32 Å². The van der Waals surface area contributed by atoms with Crippen LogP contribution < -0.4 is 10.9 Å². The van der Waals surface area contributed by atoms with Crippen molar-refractivity contribution < 1.29 is 18.0 Å². The Morgan fingerprint density at radius 2 is 2.00 bits per heavy atom. The van der Waals surface area contributed by atoms with Crippen molar-refractivity contribution in [3.8, 4) is 0 Å². The van der Waals surface area contributed by atoms with E-state index in [1.807, 2.05) is 6.92 Å². The van der Waals surface area contributed by atoms with E-state index in [0.717, 1.165) is 42.1 Å². The topological polar surface area (TPSA) is 76.9 Å². The number of anilines is 1. The first-order chi connectivity index (χ1) is 13.2. The fraction of sp³-hybridized carbons (Fsp3) is 0.474. The van der Waals surface area contributed by atoms with E-state index >= 15 is 0 Å². The third-order valence-electron chi connectivity index (χ3n) is 4.96. The number of amides is 1. The van der Waals surface area contributed by atoms with Crippen molar-refractivity contribution >= 4 is 11.7 Å². The molecule has 0 bridgehead atoms. The molecule has 1 aliphatic carbocycles. The molecule has 1 atom stereocenters. The second-order valence-corrected chi connectivity index (χ2v) is 7.13. The fourth-order valence-electron chi connectivity index (χ4n) is 3.46. The number of alkyl halides is 3. The molecular formula is C19H21F3N4O2. The minimum absolute atomic E-state index is 0.232. The highest BCUT2D eigenvalue weighted by Crippen LogP contribution is 2.32.